The number of hydrogen-bond donors (Lipinski definition) is 2. The van der Waals surface area contributed by atoms with Crippen LogP contribution < -0.4 is 10.0 Å². The first-order chi connectivity index (χ1) is 9.95. The molecular formula is C13H19N5O2S. The topological polar surface area (TPSA) is 88.9 Å². The minimum Gasteiger partial charge on any atom is -0.318 e. The van der Waals surface area contributed by atoms with Crippen molar-refractivity contribution in [3.8, 4) is 0 Å². The van der Waals surface area contributed by atoms with Gasteiger partial charge in [-0.25, -0.2) is 8.42 Å². The summed E-state index contributed by atoms with van der Waals surface area (Å²) in [5.41, 5.74) is 1.54. The van der Waals surface area contributed by atoms with E-state index in [-0.39, 0.29) is 4.90 Å². The maximum Gasteiger partial charge on any atom is 0.265 e. The molecule has 8 heteroatoms. The highest BCUT2D eigenvalue weighted by Gasteiger charge is 2.24. The highest BCUT2D eigenvalue weighted by atomic mass is 32.2. The fourth-order valence-electron chi connectivity index (χ4n) is 2.13. The molecule has 21 heavy (non-hydrogen) atoms. The monoisotopic (exact) mass is 309 g/mol. The van der Waals surface area contributed by atoms with Crippen molar-refractivity contribution in [3.05, 3.63) is 35.9 Å². The largest absolute Gasteiger partial charge is 0.318 e. The van der Waals surface area contributed by atoms with E-state index in [4.69, 9.17) is 0 Å². The third-order valence-corrected chi connectivity index (χ3v) is 4.70. The Kier molecular flexibility index (Phi) is 4.59. The minimum absolute atomic E-state index is 0.224. The first-order valence-electron chi connectivity index (χ1n) is 6.57. The third-order valence-electron chi connectivity index (χ3n) is 3.07. The van der Waals surface area contributed by atoms with Gasteiger partial charge in [0.25, 0.3) is 10.0 Å². The number of rotatable bonds is 6. The van der Waals surface area contributed by atoms with Gasteiger partial charge in [-0.2, -0.15) is 5.10 Å². The van der Waals surface area contributed by atoms with E-state index in [1.165, 1.54) is 6.20 Å². The second kappa shape index (κ2) is 6.23. The lowest BCUT2D eigenvalue weighted by Crippen LogP contribution is -2.18. The van der Waals surface area contributed by atoms with Gasteiger partial charge in [0, 0.05) is 12.7 Å². The van der Waals surface area contributed by atoms with Crippen LogP contribution in [-0.2, 0) is 16.6 Å². The standard InChI is InChI=1S/C13H19N5O2S/c1-10-13(11(2)18(16-10)8-7-14-3)21(19,20)17-12-5-4-6-15-9-12/h4-6,9,14,17H,7-8H2,1-3H3. The van der Waals surface area contributed by atoms with Gasteiger partial charge in [0.2, 0.25) is 0 Å². The minimum atomic E-state index is -3.67. The van der Waals surface area contributed by atoms with E-state index in [9.17, 15) is 8.42 Å². The van der Waals surface area contributed by atoms with Gasteiger partial charge >= 0.3 is 0 Å². The number of aromatic nitrogens is 3. The number of hydrogen-bond acceptors (Lipinski definition) is 5. The van der Waals surface area contributed by atoms with Crippen LogP contribution in [0, 0.1) is 13.8 Å². The van der Waals surface area contributed by atoms with Gasteiger partial charge in [0.05, 0.1) is 29.8 Å². The highest BCUT2D eigenvalue weighted by Crippen LogP contribution is 2.22. The number of nitrogens with zero attached hydrogens (tertiary/aromatic N) is 3. The zero-order valence-electron chi connectivity index (χ0n) is 12.3. The zero-order chi connectivity index (χ0) is 15.5. The second-order valence-corrected chi connectivity index (χ2v) is 6.29. The Morgan fingerprint density at radius 2 is 2.10 bits per heavy atom. The summed E-state index contributed by atoms with van der Waals surface area (Å²) in [6.45, 7) is 4.79. The molecule has 2 N–H and O–H groups in total. The van der Waals surface area contributed by atoms with Gasteiger partial charge in [-0.05, 0) is 33.0 Å². The molecule has 0 aromatic carbocycles. The molecular weight excluding hydrogens is 290 g/mol. The first kappa shape index (κ1) is 15.5. The van der Waals surface area contributed by atoms with Crippen LogP contribution in [0.15, 0.2) is 29.4 Å². The Balaban J connectivity index is 2.34. The number of anilines is 1. The van der Waals surface area contributed by atoms with Crippen molar-refractivity contribution in [2.24, 2.45) is 0 Å². The van der Waals surface area contributed by atoms with Crippen molar-refractivity contribution in [1.29, 1.82) is 0 Å². The van der Waals surface area contributed by atoms with Gasteiger partial charge in [-0.15, -0.1) is 0 Å². The lowest BCUT2D eigenvalue weighted by Gasteiger charge is -2.08. The van der Waals surface area contributed by atoms with Crippen molar-refractivity contribution >= 4 is 15.7 Å². The smallest absolute Gasteiger partial charge is 0.265 e. The number of nitrogens with one attached hydrogen (secondary N) is 2. The van der Waals surface area contributed by atoms with E-state index < -0.39 is 10.0 Å². The second-order valence-electron chi connectivity index (χ2n) is 4.67. The van der Waals surface area contributed by atoms with Crippen LogP contribution in [-0.4, -0.2) is 36.8 Å². The number of sulfonamides is 1. The molecule has 0 radical (unpaired) electrons. The van der Waals surface area contributed by atoms with Crippen molar-refractivity contribution in [2.75, 3.05) is 18.3 Å². The van der Waals surface area contributed by atoms with E-state index in [0.717, 1.165) is 6.54 Å². The number of likely N-dealkylation sites (N-methyl/N-ethyl adjacent to an activating group) is 1. The Hall–Kier alpha value is -1.93. The summed E-state index contributed by atoms with van der Waals surface area (Å²) in [6, 6.07) is 3.33. The molecule has 0 saturated carbocycles. The molecule has 0 aliphatic heterocycles. The van der Waals surface area contributed by atoms with Crippen LogP contribution in [0.25, 0.3) is 0 Å². The summed E-state index contributed by atoms with van der Waals surface area (Å²) < 4.78 is 29.3. The van der Waals surface area contributed by atoms with Crippen molar-refractivity contribution in [3.63, 3.8) is 0 Å². The molecule has 0 saturated heterocycles. The summed E-state index contributed by atoms with van der Waals surface area (Å²) in [7, 11) is -1.83. The molecule has 2 heterocycles. The lowest BCUT2D eigenvalue weighted by atomic mass is 10.4. The molecule has 7 nitrogen and oxygen atoms in total. The summed E-state index contributed by atoms with van der Waals surface area (Å²) in [5.74, 6) is 0. The van der Waals surface area contributed by atoms with E-state index in [2.05, 4.69) is 20.1 Å². The summed E-state index contributed by atoms with van der Waals surface area (Å²) in [6.07, 6.45) is 3.05. The maximum absolute atomic E-state index is 12.5. The molecule has 0 spiro atoms. The van der Waals surface area contributed by atoms with Crippen molar-refractivity contribution in [1.82, 2.24) is 20.1 Å². The van der Waals surface area contributed by atoms with E-state index in [1.54, 1.807) is 36.9 Å². The average molecular weight is 309 g/mol. The molecule has 114 valence electrons. The molecule has 0 unspecified atom stereocenters. The summed E-state index contributed by atoms with van der Waals surface area (Å²) in [4.78, 5) is 4.12. The average Bonchev–Trinajstić information content (AvgIpc) is 2.72. The highest BCUT2D eigenvalue weighted by molar-refractivity contribution is 7.92. The molecule has 0 atom stereocenters. The predicted octanol–water partition coefficient (Wildman–Crippen LogP) is 0.915. The molecule has 0 bridgehead atoms. The van der Waals surface area contributed by atoms with Crippen LogP contribution in [0.4, 0.5) is 5.69 Å². The van der Waals surface area contributed by atoms with Gasteiger partial charge in [-0.3, -0.25) is 14.4 Å². The van der Waals surface area contributed by atoms with Crippen LogP contribution >= 0.6 is 0 Å². The Bertz CT molecular complexity index is 710. The van der Waals surface area contributed by atoms with Gasteiger partial charge < -0.3 is 5.32 Å². The summed E-state index contributed by atoms with van der Waals surface area (Å²) in [5, 5.41) is 7.31. The van der Waals surface area contributed by atoms with Crippen molar-refractivity contribution in [2.45, 2.75) is 25.3 Å². The normalized spacial score (nSPS) is 11.6. The maximum atomic E-state index is 12.5. The van der Waals surface area contributed by atoms with E-state index in [0.29, 0.717) is 23.6 Å². The molecule has 0 aliphatic carbocycles. The SMILES string of the molecule is CNCCn1nc(C)c(S(=O)(=O)Nc2cccnc2)c1C. The fraction of sp³-hybridized carbons (Fsp3) is 0.385. The van der Waals surface area contributed by atoms with Gasteiger partial charge in [0.15, 0.2) is 0 Å². The molecule has 0 aliphatic rings. The van der Waals surface area contributed by atoms with Crippen molar-refractivity contribution < 1.29 is 8.42 Å². The predicted molar refractivity (Wildman–Crippen MR) is 80.7 cm³/mol. The molecule has 0 fully saturated rings. The Morgan fingerprint density at radius 3 is 2.71 bits per heavy atom. The number of aryl methyl sites for hydroxylation is 1. The van der Waals surface area contributed by atoms with Gasteiger partial charge in [-0.1, -0.05) is 0 Å². The molecule has 2 aromatic heterocycles. The van der Waals surface area contributed by atoms with Crippen LogP contribution in [0.3, 0.4) is 0 Å². The van der Waals surface area contributed by atoms with E-state index >= 15 is 0 Å². The van der Waals surface area contributed by atoms with Crippen LogP contribution in [0.1, 0.15) is 11.4 Å². The molecule has 2 rings (SSSR count). The van der Waals surface area contributed by atoms with Crippen LogP contribution in [0.2, 0.25) is 0 Å². The molecule has 2 aromatic rings. The van der Waals surface area contributed by atoms with Gasteiger partial charge in [0.1, 0.15) is 4.90 Å². The summed E-state index contributed by atoms with van der Waals surface area (Å²) >= 11 is 0. The zero-order valence-corrected chi connectivity index (χ0v) is 13.1. The first-order valence-corrected chi connectivity index (χ1v) is 8.05. The fourth-order valence-corrected chi connectivity index (χ4v) is 3.59. The quantitative estimate of drug-likeness (QED) is 0.828. The van der Waals surface area contributed by atoms with E-state index in [1.807, 2.05) is 7.05 Å². The Labute approximate surface area is 124 Å². The van der Waals surface area contributed by atoms with Crippen LogP contribution in [0.5, 0.6) is 0 Å². The Morgan fingerprint density at radius 1 is 1.33 bits per heavy atom. The molecule has 0 amide bonds. The lowest BCUT2D eigenvalue weighted by molar-refractivity contribution is 0.566. The third kappa shape index (κ3) is 3.40. The number of pyridine rings is 1.